The maximum absolute atomic E-state index is 13.1. The van der Waals surface area contributed by atoms with Gasteiger partial charge in [0.2, 0.25) is 5.91 Å². The van der Waals surface area contributed by atoms with E-state index in [0.717, 1.165) is 42.6 Å². The molecule has 0 aliphatic carbocycles. The number of carbonyl (C=O) groups is 1. The zero-order chi connectivity index (χ0) is 18.4. The number of benzene rings is 2. The lowest BCUT2D eigenvalue weighted by atomic mass is 9.95. The van der Waals surface area contributed by atoms with Gasteiger partial charge < -0.3 is 15.3 Å². The van der Waals surface area contributed by atoms with Crippen molar-refractivity contribution in [3.05, 3.63) is 71.3 Å². The van der Waals surface area contributed by atoms with Gasteiger partial charge in [0.05, 0.1) is 12.6 Å². The third-order valence-electron chi connectivity index (χ3n) is 5.04. The lowest BCUT2D eigenvalue weighted by Crippen LogP contribution is -2.42. The van der Waals surface area contributed by atoms with Gasteiger partial charge in [-0.15, -0.1) is 0 Å². The van der Waals surface area contributed by atoms with Crippen molar-refractivity contribution in [1.82, 2.24) is 10.2 Å². The first kappa shape index (κ1) is 18.6. The molecule has 4 nitrogen and oxygen atoms in total. The molecule has 1 aliphatic rings. The van der Waals surface area contributed by atoms with E-state index in [1.807, 2.05) is 66.4 Å². The number of nitrogens with one attached hydrogen (secondary N) is 1. The van der Waals surface area contributed by atoms with Gasteiger partial charge in [-0.25, -0.2) is 0 Å². The minimum atomic E-state index is -0.677. The van der Waals surface area contributed by atoms with Crippen LogP contribution >= 0.6 is 0 Å². The van der Waals surface area contributed by atoms with Gasteiger partial charge in [-0.3, -0.25) is 4.79 Å². The third-order valence-corrected chi connectivity index (χ3v) is 5.04. The number of aliphatic hydroxyl groups is 1. The van der Waals surface area contributed by atoms with Crippen molar-refractivity contribution in [2.45, 2.75) is 32.4 Å². The highest BCUT2D eigenvalue weighted by Crippen LogP contribution is 2.21. The minimum Gasteiger partial charge on any atom is -0.387 e. The summed E-state index contributed by atoms with van der Waals surface area (Å²) in [4.78, 5) is 15.0. The van der Waals surface area contributed by atoms with Gasteiger partial charge in [0.15, 0.2) is 0 Å². The van der Waals surface area contributed by atoms with Gasteiger partial charge in [-0.2, -0.15) is 0 Å². The SMILES string of the molecule is Cc1cccc(C(O)CN(Cc2ccccc2)C(=O)C2CCNCC2)c1. The zero-order valence-electron chi connectivity index (χ0n) is 15.4. The molecule has 0 radical (unpaired) electrons. The molecular weight excluding hydrogens is 324 g/mol. The van der Waals surface area contributed by atoms with Gasteiger partial charge >= 0.3 is 0 Å². The van der Waals surface area contributed by atoms with Crippen molar-refractivity contribution in [3.8, 4) is 0 Å². The summed E-state index contributed by atoms with van der Waals surface area (Å²) >= 11 is 0. The molecule has 138 valence electrons. The second-order valence-electron chi connectivity index (χ2n) is 7.16. The van der Waals surface area contributed by atoms with Crippen LogP contribution in [0.4, 0.5) is 0 Å². The van der Waals surface area contributed by atoms with Gasteiger partial charge in [0.25, 0.3) is 0 Å². The summed E-state index contributed by atoms with van der Waals surface area (Å²) in [5.74, 6) is 0.201. The van der Waals surface area contributed by atoms with Crippen molar-refractivity contribution >= 4 is 5.91 Å². The van der Waals surface area contributed by atoms with Crippen LogP contribution in [0.5, 0.6) is 0 Å². The fourth-order valence-corrected chi connectivity index (χ4v) is 3.55. The summed E-state index contributed by atoms with van der Waals surface area (Å²) in [5, 5.41) is 14.0. The molecule has 1 heterocycles. The number of hydrogen-bond donors (Lipinski definition) is 2. The van der Waals surface area contributed by atoms with Crippen LogP contribution in [-0.2, 0) is 11.3 Å². The topological polar surface area (TPSA) is 52.6 Å². The van der Waals surface area contributed by atoms with Crippen LogP contribution in [0.15, 0.2) is 54.6 Å². The fourth-order valence-electron chi connectivity index (χ4n) is 3.55. The van der Waals surface area contributed by atoms with Crippen LogP contribution in [0.1, 0.15) is 35.6 Å². The Bertz CT molecular complexity index is 711. The zero-order valence-corrected chi connectivity index (χ0v) is 15.4. The Hall–Kier alpha value is -2.17. The smallest absolute Gasteiger partial charge is 0.226 e. The molecule has 1 fully saturated rings. The first-order chi connectivity index (χ1) is 12.6. The molecule has 26 heavy (non-hydrogen) atoms. The Morgan fingerprint density at radius 1 is 1.15 bits per heavy atom. The third kappa shape index (κ3) is 4.93. The maximum Gasteiger partial charge on any atom is 0.226 e. The minimum absolute atomic E-state index is 0.0460. The predicted molar refractivity (Wildman–Crippen MR) is 104 cm³/mol. The van der Waals surface area contributed by atoms with Crippen molar-refractivity contribution in [2.75, 3.05) is 19.6 Å². The second kappa shape index (κ2) is 8.97. The Kier molecular flexibility index (Phi) is 6.42. The van der Waals surface area contributed by atoms with Gasteiger partial charge in [0, 0.05) is 12.5 Å². The summed E-state index contributed by atoms with van der Waals surface area (Å²) in [6.07, 6.45) is 1.05. The normalized spacial score (nSPS) is 16.2. The molecular formula is C22H28N2O2. The molecule has 1 atom stereocenters. The average Bonchev–Trinajstić information content (AvgIpc) is 2.68. The summed E-state index contributed by atoms with van der Waals surface area (Å²) in [5.41, 5.74) is 3.06. The molecule has 4 heteroatoms. The highest BCUT2D eigenvalue weighted by molar-refractivity contribution is 5.79. The number of nitrogens with zero attached hydrogens (tertiary/aromatic N) is 1. The first-order valence-electron chi connectivity index (χ1n) is 9.41. The standard InChI is InChI=1S/C22H28N2O2/c1-17-6-5-9-20(14-17)21(25)16-24(15-18-7-3-2-4-8-18)22(26)19-10-12-23-13-11-19/h2-9,14,19,21,23,25H,10-13,15-16H2,1H3. The van der Waals surface area contributed by atoms with E-state index in [-0.39, 0.29) is 11.8 Å². The largest absolute Gasteiger partial charge is 0.387 e. The maximum atomic E-state index is 13.1. The molecule has 1 amide bonds. The molecule has 0 bridgehead atoms. The van der Waals surface area contributed by atoms with E-state index in [9.17, 15) is 9.90 Å². The van der Waals surface area contributed by atoms with Crippen LogP contribution in [-0.4, -0.2) is 35.5 Å². The highest BCUT2D eigenvalue weighted by Gasteiger charge is 2.27. The van der Waals surface area contributed by atoms with Crippen molar-refractivity contribution in [2.24, 2.45) is 5.92 Å². The van der Waals surface area contributed by atoms with E-state index in [1.165, 1.54) is 0 Å². The molecule has 2 aromatic carbocycles. The van der Waals surface area contributed by atoms with Crippen LogP contribution in [0.25, 0.3) is 0 Å². The number of amides is 1. The monoisotopic (exact) mass is 352 g/mol. The molecule has 0 aromatic heterocycles. The summed E-state index contributed by atoms with van der Waals surface area (Å²) in [6, 6.07) is 17.9. The van der Waals surface area contributed by atoms with Gasteiger partial charge in [-0.1, -0.05) is 60.2 Å². The highest BCUT2D eigenvalue weighted by atomic mass is 16.3. The van der Waals surface area contributed by atoms with Crippen LogP contribution in [0, 0.1) is 12.8 Å². The number of carbonyl (C=O) groups excluding carboxylic acids is 1. The molecule has 2 aromatic rings. The lowest BCUT2D eigenvalue weighted by molar-refractivity contribution is -0.138. The quantitative estimate of drug-likeness (QED) is 0.840. The molecule has 0 saturated carbocycles. The van der Waals surface area contributed by atoms with Gasteiger partial charge in [0.1, 0.15) is 0 Å². The molecule has 1 aliphatic heterocycles. The molecule has 3 rings (SSSR count). The second-order valence-corrected chi connectivity index (χ2v) is 7.16. The van der Waals surface area contributed by atoms with Crippen LogP contribution < -0.4 is 5.32 Å². The summed E-state index contributed by atoms with van der Waals surface area (Å²) in [6.45, 7) is 4.64. The number of piperidine rings is 1. The van der Waals surface area contributed by atoms with E-state index in [1.54, 1.807) is 0 Å². The van der Waals surface area contributed by atoms with Crippen LogP contribution in [0.2, 0.25) is 0 Å². The average molecular weight is 352 g/mol. The van der Waals surface area contributed by atoms with E-state index >= 15 is 0 Å². The van der Waals surface area contributed by atoms with Crippen molar-refractivity contribution < 1.29 is 9.90 Å². The molecule has 0 spiro atoms. The lowest BCUT2D eigenvalue weighted by Gasteiger charge is -2.31. The number of aryl methyl sites for hydroxylation is 1. The van der Waals surface area contributed by atoms with E-state index in [2.05, 4.69) is 5.32 Å². The van der Waals surface area contributed by atoms with E-state index in [4.69, 9.17) is 0 Å². The van der Waals surface area contributed by atoms with Crippen LogP contribution in [0.3, 0.4) is 0 Å². The molecule has 1 unspecified atom stereocenters. The first-order valence-corrected chi connectivity index (χ1v) is 9.41. The van der Waals surface area contributed by atoms with Gasteiger partial charge in [-0.05, 0) is 44.0 Å². The molecule has 2 N–H and O–H groups in total. The number of aliphatic hydroxyl groups excluding tert-OH is 1. The van der Waals surface area contributed by atoms with E-state index < -0.39 is 6.10 Å². The summed E-state index contributed by atoms with van der Waals surface area (Å²) in [7, 11) is 0. The number of rotatable bonds is 6. The van der Waals surface area contributed by atoms with E-state index in [0.29, 0.717) is 13.1 Å². The van der Waals surface area contributed by atoms with Crippen molar-refractivity contribution in [1.29, 1.82) is 0 Å². The Morgan fingerprint density at radius 2 is 1.88 bits per heavy atom. The van der Waals surface area contributed by atoms with Crippen molar-refractivity contribution in [3.63, 3.8) is 0 Å². The Morgan fingerprint density at radius 3 is 2.58 bits per heavy atom. The fraction of sp³-hybridized carbons (Fsp3) is 0.409. The number of hydrogen-bond acceptors (Lipinski definition) is 3. The summed E-state index contributed by atoms with van der Waals surface area (Å²) < 4.78 is 0. The molecule has 1 saturated heterocycles. The Balaban J connectivity index is 1.76. The Labute approximate surface area is 155 Å². The predicted octanol–water partition coefficient (Wildman–Crippen LogP) is 3.06.